The molecule has 5 nitrogen and oxygen atoms in total. The van der Waals surface area contributed by atoms with Gasteiger partial charge in [-0.15, -0.1) is 0 Å². The highest BCUT2D eigenvalue weighted by Gasteiger charge is 2.28. The first-order chi connectivity index (χ1) is 10.2. The average Bonchev–Trinajstić information content (AvgIpc) is 2.92. The molecule has 21 heavy (non-hydrogen) atoms. The van der Waals surface area contributed by atoms with Crippen LogP contribution in [0.1, 0.15) is 12.6 Å². The minimum absolute atomic E-state index is 0.0578. The molecule has 1 amide bonds. The summed E-state index contributed by atoms with van der Waals surface area (Å²) in [6.07, 6.45) is 1.91. The molecule has 1 unspecified atom stereocenters. The van der Waals surface area contributed by atoms with Crippen LogP contribution in [0, 0.1) is 11.8 Å². The van der Waals surface area contributed by atoms with E-state index in [1.807, 2.05) is 54.2 Å². The van der Waals surface area contributed by atoms with Gasteiger partial charge in [0.05, 0.1) is 17.9 Å². The van der Waals surface area contributed by atoms with Gasteiger partial charge in [0, 0.05) is 12.1 Å². The smallest absolute Gasteiger partial charge is 0.223 e. The van der Waals surface area contributed by atoms with E-state index in [-0.39, 0.29) is 11.8 Å². The number of hydrogen-bond donors (Lipinski definition) is 2. The number of nitrogens with one attached hydrogen (secondary N) is 2. The summed E-state index contributed by atoms with van der Waals surface area (Å²) in [6, 6.07) is 11.9. The number of hydrogen-bond acceptors (Lipinski definition) is 3. The average molecular weight is 284 g/mol. The number of aromatic nitrogens is 2. The van der Waals surface area contributed by atoms with Gasteiger partial charge in [-0.25, -0.2) is 4.68 Å². The number of nitrogens with zero attached hydrogens (tertiary/aromatic N) is 2. The maximum atomic E-state index is 12.1. The van der Waals surface area contributed by atoms with Crippen molar-refractivity contribution in [3.05, 3.63) is 48.3 Å². The first-order valence-electron chi connectivity index (χ1n) is 7.32. The van der Waals surface area contributed by atoms with Crippen molar-refractivity contribution in [3.63, 3.8) is 0 Å². The molecule has 0 saturated carbocycles. The molecule has 3 rings (SSSR count). The van der Waals surface area contributed by atoms with Crippen LogP contribution in [-0.2, 0) is 11.3 Å². The van der Waals surface area contributed by atoms with Gasteiger partial charge < -0.3 is 10.6 Å². The van der Waals surface area contributed by atoms with Crippen LogP contribution >= 0.6 is 0 Å². The standard InChI is InChI=1S/C16H20N4O/c1-12(13-9-17-10-13)16(21)18-11-14-7-8-20(19-14)15-5-3-2-4-6-15/h2-8,12-13,17H,9-11H2,1H3,(H,18,21). The Hall–Kier alpha value is -2.14. The molecule has 1 fully saturated rings. The second-order valence-electron chi connectivity index (χ2n) is 5.51. The number of para-hydroxylation sites is 1. The highest BCUT2D eigenvalue weighted by molar-refractivity contribution is 5.78. The van der Waals surface area contributed by atoms with Crippen molar-refractivity contribution in [3.8, 4) is 5.69 Å². The van der Waals surface area contributed by atoms with Gasteiger partial charge in [-0.2, -0.15) is 5.10 Å². The van der Waals surface area contributed by atoms with Crippen LogP contribution in [0.15, 0.2) is 42.6 Å². The minimum atomic E-state index is 0.0578. The summed E-state index contributed by atoms with van der Waals surface area (Å²) in [5.74, 6) is 0.630. The van der Waals surface area contributed by atoms with E-state index in [9.17, 15) is 4.79 Å². The molecule has 2 N–H and O–H groups in total. The zero-order valence-corrected chi connectivity index (χ0v) is 12.1. The SMILES string of the molecule is CC(C(=O)NCc1ccn(-c2ccccc2)n1)C1CNC1. The fourth-order valence-electron chi connectivity index (χ4n) is 2.40. The number of rotatable bonds is 5. The maximum Gasteiger partial charge on any atom is 0.223 e. The number of amides is 1. The lowest BCUT2D eigenvalue weighted by Crippen LogP contribution is -2.49. The van der Waals surface area contributed by atoms with E-state index in [1.165, 1.54) is 0 Å². The summed E-state index contributed by atoms with van der Waals surface area (Å²) < 4.78 is 1.82. The van der Waals surface area contributed by atoms with Crippen LogP contribution in [0.25, 0.3) is 5.69 Å². The Labute approximate surface area is 124 Å². The van der Waals surface area contributed by atoms with Gasteiger partial charge in [0.15, 0.2) is 0 Å². The van der Waals surface area contributed by atoms with Crippen LogP contribution < -0.4 is 10.6 Å². The van der Waals surface area contributed by atoms with Gasteiger partial charge in [0.25, 0.3) is 0 Å². The van der Waals surface area contributed by atoms with Crippen molar-refractivity contribution in [1.82, 2.24) is 20.4 Å². The Morgan fingerprint density at radius 2 is 2.14 bits per heavy atom. The Bertz CT molecular complexity index is 604. The van der Waals surface area contributed by atoms with Crippen LogP contribution in [0.2, 0.25) is 0 Å². The van der Waals surface area contributed by atoms with E-state index in [0.29, 0.717) is 12.5 Å². The second-order valence-corrected chi connectivity index (χ2v) is 5.51. The topological polar surface area (TPSA) is 59.0 Å². The molecule has 110 valence electrons. The second kappa shape index (κ2) is 6.10. The molecule has 0 bridgehead atoms. The molecule has 0 radical (unpaired) electrons. The van der Waals surface area contributed by atoms with E-state index >= 15 is 0 Å². The summed E-state index contributed by atoms with van der Waals surface area (Å²) in [5, 5.41) is 10.6. The zero-order chi connectivity index (χ0) is 14.7. The third-order valence-corrected chi connectivity index (χ3v) is 4.04. The van der Waals surface area contributed by atoms with Crippen molar-refractivity contribution >= 4 is 5.91 Å². The number of benzene rings is 1. The summed E-state index contributed by atoms with van der Waals surface area (Å²) in [5.41, 5.74) is 1.88. The van der Waals surface area contributed by atoms with E-state index in [0.717, 1.165) is 24.5 Å². The lowest BCUT2D eigenvalue weighted by atomic mass is 9.88. The third kappa shape index (κ3) is 3.13. The summed E-state index contributed by atoms with van der Waals surface area (Å²) in [6.45, 7) is 4.35. The third-order valence-electron chi connectivity index (χ3n) is 4.04. The highest BCUT2D eigenvalue weighted by atomic mass is 16.1. The molecule has 5 heteroatoms. The van der Waals surface area contributed by atoms with Gasteiger partial charge in [0.2, 0.25) is 5.91 Å². The molecule has 1 atom stereocenters. The fourth-order valence-corrected chi connectivity index (χ4v) is 2.40. The van der Waals surface area contributed by atoms with Crippen molar-refractivity contribution in [1.29, 1.82) is 0 Å². The predicted molar refractivity (Wildman–Crippen MR) is 80.9 cm³/mol. The van der Waals surface area contributed by atoms with Crippen molar-refractivity contribution in [2.75, 3.05) is 13.1 Å². The van der Waals surface area contributed by atoms with E-state index in [2.05, 4.69) is 15.7 Å². The largest absolute Gasteiger partial charge is 0.350 e. The molecule has 1 aliphatic rings. The van der Waals surface area contributed by atoms with E-state index < -0.39 is 0 Å². The quantitative estimate of drug-likeness (QED) is 0.871. The van der Waals surface area contributed by atoms with E-state index in [1.54, 1.807) is 0 Å². The van der Waals surface area contributed by atoms with Crippen molar-refractivity contribution in [2.24, 2.45) is 11.8 Å². The van der Waals surface area contributed by atoms with Crippen LogP contribution in [-0.4, -0.2) is 28.8 Å². The van der Waals surface area contributed by atoms with Crippen LogP contribution in [0.5, 0.6) is 0 Å². The first kappa shape index (κ1) is 13.8. The Morgan fingerprint density at radius 1 is 1.38 bits per heavy atom. The fraction of sp³-hybridized carbons (Fsp3) is 0.375. The molecule has 2 aromatic rings. The number of carbonyl (C=O) groups excluding carboxylic acids is 1. The van der Waals surface area contributed by atoms with Crippen LogP contribution in [0.3, 0.4) is 0 Å². The van der Waals surface area contributed by atoms with Crippen molar-refractivity contribution < 1.29 is 4.79 Å². The summed E-state index contributed by atoms with van der Waals surface area (Å²) in [7, 11) is 0. The lowest BCUT2D eigenvalue weighted by Gasteiger charge is -2.31. The Kier molecular flexibility index (Phi) is 4.01. The monoisotopic (exact) mass is 284 g/mol. The summed E-state index contributed by atoms with van der Waals surface area (Å²) in [4.78, 5) is 12.1. The molecule has 1 aliphatic heterocycles. The lowest BCUT2D eigenvalue weighted by molar-refractivity contribution is -0.126. The molecular formula is C16H20N4O. The van der Waals surface area contributed by atoms with Gasteiger partial charge in [-0.3, -0.25) is 4.79 Å². The van der Waals surface area contributed by atoms with Crippen LogP contribution in [0.4, 0.5) is 0 Å². The van der Waals surface area contributed by atoms with Gasteiger partial charge in [-0.05, 0) is 37.2 Å². The number of carbonyl (C=O) groups is 1. The van der Waals surface area contributed by atoms with Gasteiger partial charge in [0.1, 0.15) is 0 Å². The van der Waals surface area contributed by atoms with E-state index in [4.69, 9.17) is 0 Å². The molecule has 0 spiro atoms. The minimum Gasteiger partial charge on any atom is -0.350 e. The molecular weight excluding hydrogens is 264 g/mol. The summed E-state index contributed by atoms with van der Waals surface area (Å²) >= 11 is 0. The molecule has 0 aliphatic carbocycles. The molecule has 1 aromatic heterocycles. The Balaban J connectivity index is 1.56. The normalized spacial score (nSPS) is 16.2. The molecule has 1 saturated heterocycles. The van der Waals surface area contributed by atoms with Gasteiger partial charge >= 0.3 is 0 Å². The molecule has 1 aromatic carbocycles. The first-order valence-corrected chi connectivity index (χ1v) is 7.32. The Morgan fingerprint density at radius 3 is 2.81 bits per heavy atom. The predicted octanol–water partition coefficient (Wildman–Crippen LogP) is 1.34. The van der Waals surface area contributed by atoms with Crippen molar-refractivity contribution in [2.45, 2.75) is 13.5 Å². The highest BCUT2D eigenvalue weighted by Crippen LogP contribution is 2.16. The maximum absolute atomic E-state index is 12.1. The zero-order valence-electron chi connectivity index (χ0n) is 12.1. The van der Waals surface area contributed by atoms with Gasteiger partial charge in [-0.1, -0.05) is 25.1 Å². The molecule has 2 heterocycles.